The molecule has 0 aliphatic heterocycles. The molecule has 1 aromatic heterocycles. The molecule has 1 heterocycles. The van der Waals surface area contributed by atoms with E-state index in [2.05, 4.69) is 10.3 Å². The van der Waals surface area contributed by atoms with Gasteiger partial charge in [-0.2, -0.15) is 0 Å². The molecule has 0 aliphatic rings. The minimum atomic E-state index is -0.649. The lowest BCUT2D eigenvalue weighted by atomic mass is 10.2. The van der Waals surface area contributed by atoms with Crippen LogP contribution in [0.3, 0.4) is 0 Å². The second-order valence-electron chi connectivity index (χ2n) is 3.16. The molecule has 6 heteroatoms. The normalized spacial score (nSPS) is 10.3. The van der Waals surface area contributed by atoms with Gasteiger partial charge in [-0.15, -0.1) is 0 Å². The Morgan fingerprint density at radius 2 is 2.06 bits per heavy atom. The van der Waals surface area contributed by atoms with Gasteiger partial charge in [-0.1, -0.05) is 0 Å². The molecule has 0 saturated carbocycles. The molecule has 0 spiro atoms. The quantitative estimate of drug-likeness (QED) is 0.706. The first-order valence-corrected chi connectivity index (χ1v) is 4.49. The molecule has 16 heavy (non-hydrogen) atoms. The summed E-state index contributed by atoms with van der Waals surface area (Å²) >= 11 is 0. The van der Waals surface area contributed by atoms with Crippen LogP contribution in [0.15, 0.2) is 27.9 Å². The third-order valence-corrected chi connectivity index (χ3v) is 2.16. The molecule has 3 N–H and O–H groups in total. The van der Waals surface area contributed by atoms with E-state index >= 15 is 0 Å². The lowest BCUT2D eigenvalue weighted by Gasteiger charge is -2.09. The molecule has 0 fully saturated rings. The molecule has 6 nitrogen and oxygen atoms in total. The number of hydrogen-bond acceptors (Lipinski definition) is 6. The molecule has 0 unspecified atom stereocenters. The highest BCUT2D eigenvalue weighted by atomic mass is 16.5. The summed E-state index contributed by atoms with van der Waals surface area (Å²) in [6.45, 7) is 0. The highest BCUT2D eigenvalue weighted by molar-refractivity contribution is 5.76. The van der Waals surface area contributed by atoms with Crippen molar-refractivity contribution in [2.24, 2.45) is 0 Å². The summed E-state index contributed by atoms with van der Waals surface area (Å²) in [4.78, 5) is 25.9. The van der Waals surface area contributed by atoms with Crippen molar-refractivity contribution in [1.29, 1.82) is 0 Å². The van der Waals surface area contributed by atoms with Gasteiger partial charge in [-0.05, 0) is 6.07 Å². The van der Waals surface area contributed by atoms with Crippen molar-refractivity contribution >= 4 is 17.1 Å². The fourth-order valence-corrected chi connectivity index (χ4v) is 1.25. The van der Waals surface area contributed by atoms with E-state index in [9.17, 15) is 9.59 Å². The summed E-state index contributed by atoms with van der Waals surface area (Å²) in [7, 11) is 1.50. The first-order chi connectivity index (χ1) is 7.63. The fourth-order valence-electron chi connectivity index (χ4n) is 1.25. The minimum Gasteiger partial charge on any atom is -0.481 e. The van der Waals surface area contributed by atoms with Crippen molar-refractivity contribution in [2.75, 3.05) is 18.2 Å². The zero-order chi connectivity index (χ0) is 11.7. The average Bonchev–Trinajstić information content (AvgIpc) is 2.35. The van der Waals surface area contributed by atoms with Crippen LogP contribution in [0.2, 0.25) is 0 Å². The SMILES string of the molecule is COc1ccc(Nc2c(N)c(=O)c2=O)cn1. The number of nitrogens with one attached hydrogen (secondary N) is 1. The number of nitrogens with zero attached hydrogens (tertiary/aromatic N) is 1. The van der Waals surface area contributed by atoms with Crippen LogP contribution in [0.5, 0.6) is 5.88 Å². The Morgan fingerprint density at radius 1 is 1.31 bits per heavy atom. The largest absolute Gasteiger partial charge is 0.481 e. The summed E-state index contributed by atoms with van der Waals surface area (Å²) in [5.41, 5.74) is 4.76. The van der Waals surface area contributed by atoms with E-state index in [1.807, 2.05) is 0 Å². The Kier molecular flexibility index (Phi) is 2.32. The van der Waals surface area contributed by atoms with Crippen LogP contribution in [0.25, 0.3) is 0 Å². The number of hydrogen-bond donors (Lipinski definition) is 2. The predicted octanol–water partition coefficient (Wildman–Crippen LogP) is 0.0120. The molecular formula is C10H9N3O3. The van der Waals surface area contributed by atoms with Gasteiger partial charge in [0.15, 0.2) is 0 Å². The summed E-state index contributed by atoms with van der Waals surface area (Å²) in [6, 6.07) is 3.30. The molecule has 0 atom stereocenters. The van der Waals surface area contributed by atoms with Crippen molar-refractivity contribution in [3.8, 4) is 5.88 Å². The van der Waals surface area contributed by atoms with E-state index in [4.69, 9.17) is 10.5 Å². The Morgan fingerprint density at radius 3 is 2.56 bits per heavy atom. The van der Waals surface area contributed by atoms with E-state index in [0.29, 0.717) is 11.6 Å². The van der Waals surface area contributed by atoms with Gasteiger partial charge >= 0.3 is 0 Å². The number of methoxy groups -OCH3 is 1. The van der Waals surface area contributed by atoms with Crippen LogP contribution in [0.1, 0.15) is 0 Å². The number of nitrogens with two attached hydrogens (primary N) is 1. The molecule has 0 radical (unpaired) electrons. The maximum atomic E-state index is 11.1. The van der Waals surface area contributed by atoms with Gasteiger partial charge in [0.05, 0.1) is 19.0 Å². The molecule has 0 amide bonds. The number of anilines is 3. The van der Waals surface area contributed by atoms with Crippen LogP contribution in [-0.2, 0) is 0 Å². The monoisotopic (exact) mass is 219 g/mol. The maximum absolute atomic E-state index is 11.1. The number of ether oxygens (including phenoxy) is 1. The van der Waals surface area contributed by atoms with Gasteiger partial charge in [-0.3, -0.25) is 9.59 Å². The van der Waals surface area contributed by atoms with Crippen LogP contribution in [-0.4, -0.2) is 12.1 Å². The summed E-state index contributed by atoms with van der Waals surface area (Å²) in [6.07, 6.45) is 1.48. The Balaban J connectivity index is 2.22. The lowest BCUT2D eigenvalue weighted by molar-refractivity contribution is 0.398. The molecule has 0 aliphatic carbocycles. The Bertz CT molecular complexity index is 582. The second-order valence-corrected chi connectivity index (χ2v) is 3.16. The van der Waals surface area contributed by atoms with Crippen molar-refractivity contribution in [2.45, 2.75) is 0 Å². The van der Waals surface area contributed by atoms with Crippen LogP contribution in [0, 0.1) is 0 Å². The highest BCUT2D eigenvalue weighted by Crippen LogP contribution is 2.18. The molecule has 82 valence electrons. The molecular weight excluding hydrogens is 210 g/mol. The molecule has 2 rings (SSSR count). The van der Waals surface area contributed by atoms with E-state index < -0.39 is 10.9 Å². The van der Waals surface area contributed by atoms with Crippen molar-refractivity contribution in [3.05, 3.63) is 38.8 Å². The van der Waals surface area contributed by atoms with Gasteiger partial charge in [0.1, 0.15) is 11.4 Å². The predicted molar refractivity (Wildman–Crippen MR) is 59.8 cm³/mol. The molecule has 0 saturated heterocycles. The summed E-state index contributed by atoms with van der Waals surface area (Å²) in [5.74, 6) is 0.462. The standard InChI is InChI=1S/C10H9N3O3/c1-16-6-3-2-5(4-12-6)13-8-7(11)9(14)10(8)15/h2-4,13H,11H2,1H3. The van der Waals surface area contributed by atoms with Crippen molar-refractivity contribution in [1.82, 2.24) is 4.98 Å². The van der Waals surface area contributed by atoms with Gasteiger partial charge in [0.2, 0.25) is 5.88 Å². The highest BCUT2D eigenvalue weighted by Gasteiger charge is 2.17. The van der Waals surface area contributed by atoms with Gasteiger partial charge in [0.25, 0.3) is 10.9 Å². The zero-order valence-corrected chi connectivity index (χ0v) is 8.48. The molecule has 2 aromatic rings. The van der Waals surface area contributed by atoms with E-state index in [0.717, 1.165) is 0 Å². The van der Waals surface area contributed by atoms with Crippen LogP contribution in [0.4, 0.5) is 17.1 Å². The Hall–Kier alpha value is -2.37. The topological polar surface area (TPSA) is 94.3 Å². The van der Waals surface area contributed by atoms with Crippen LogP contribution < -0.4 is 26.6 Å². The summed E-state index contributed by atoms with van der Waals surface area (Å²) < 4.78 is 4.88. The van der Waals surface area contributed by atoms with E-state index in [-0.39, 0.29) is 11.4 Å². The average molecular weight is 219 g/mol. The van der Waals surface area contributed by atoms with Crippen molar-refractivity contribution < 1.29 is 4.74 Å². The lowest BCUT2D eigenvalue weighted by Crippen LogP contribution is -2.36. The summed E-state index contributed by atoms with van der Waals surface area (Å²) in [5, 5.41) is 2.73. The van der Waals surface area contributed by atoms with E-state index in [1.165, 1.54) is 13.3 Å². The zero-order valence-electron chi connectivity index (χ0n) is 8.48. The van der Waals surface area contributed by atoms with Gasteiger partial charge < -0.3 is 15.8 Å². The fraction of sp³-hybridized carbons (Fsp3) is 0.100. The van der Waals surface area contributed by atoms with Crippen LogP contribution >= 0.6 is 0 Å². The van der Waals surface area contributed by atoms with Crippen molar-refractivity contribution in [3.63, 3.8) is 0 Å². The number of aromatic nitrogens is 1. The third kappa shape index (κ3) is 1.50. The number of nitrogen functional groups attached to an aromatic ring is 1. The molecule has 1 aromatic carbocycles. The first-order valence-electron chi connectivity index (χ1n) is 4.49. The first kappa shape index (κ1) is 10.2. The van der Waals surface area contributed by atoms with Gasteiger partial charge in [-0.25, -0.2) is 4.98 Å². The van der Waals surface area contributed by atoms with Gasteiger partial charge in [0, 0.05) is 6.07 Å². The molecule has 0 bridgehead atoms. The number of pyridine rings is 1. The van der Waals surface area contributed by atoms with E-state index in [1.54, 1.807) is 12.1 Å². The smallest absolute Gasteiger partial charge is 0.253 e. The third-order valence-electron chi connectivity index (χ3n) is 2.16. The maximum Gasteiger partial charge on any atom is 0.253 e. The Labute approximate surface area is 90.4 Å². The number of rotatable bonds is 3. The minimum absolute atomic E-state index is 0.0409. The second kappa shape index (κ2) is 3.65.